The smallest absolute Gasteiger partial charge is 0.465 e. The molecule has 1 amide bonds. The van der Waals surface area contributed by atoms with Gasteiger partial charge in [-0.2, -0.15) is 0 Å². The van der Waals surface area contributed by atoms with Gasteiger partial charge in [0.05, 0.1) is 11.2 Å². The summed E-state index contributed by atoms with van der Waals surface area (Å²) in [7, 11) is 1.10. The van der Waals surface area contributed by atoms with Crippen LogP contribution >= 0.6 is 0 Å². The summed E-state index contributed by atoms with van der Waals surface area (Å²) >= 11 is 0. The van der Waals surface area contributed by atoms with E-state index in [-0.39, 0.29) is 11.2 Å². The van der Waals surface area contributed by atoms with Crippen LogP contribution in [0.2, 0.25) is 0 Å². The first-order valence-corrected chi connectivity index (χ1v) is 5.62. The average Bonchev–Trinajstić information content (AvgIpc) is 2.34. The van der Waals surface area contributed by atoms with Gasteiger partial charge in [0.15, 0.2) is 0 Å². The van der Waals surface area contributed by atoms with E-state index >= 15 is 0 Å². The van der Waals surface area contributed by atoms with Crippen LogP contribution in [-0.2, 0) is 9.31 Å². The molecule has 1 fully saturated rings. The van der Waals surface area contributed by atoms with Crippen LogP contribution in [0.15, 0.2) is 12.1 Å². The molecule has 0 bridgehead atoms. The minimum Gasteiger partial charge on any atom is -0.465 e. The number of amides is 1. The number of hydrogen-bond donors (Lipinski definition) is 1. The minimum absolute atomic E-state index is 0.319. The van der Waals surface area contributed by atoms with E-state index in [2.05, 4.69) is 0 Å². The summed E-state index contributed by atoms with van der Waals surface area (Å²) < 4.78 is 11.5. The third-order valence-corrected chi connectivity index (χ3v) is 3.27. The van der Waals surface area contributed by atoms with Crippen molar-refractivity contribution in [2.24, 2.45) is 0 Å². The molecular formula is C11H20BNO4. The van der Waals surface area contributed by atoms with Crippen LogP contribution in [0.4, 0.5) is 4.79 Å². The maximum atomic E-state index is 10.6. The van der Waals surface area contributed by atoms with Crippen LogP contribution in [0.25, 0.3) is 0 Å². The van der Waals surface area contributed by atoms with Crippen molar-refractivity contribution in [3.63, 3.8) is 0 Å². The van der Waals surface area contributed by atoms with Gasteiger partial charge in [-0.05, 0) is 27.7 Å². The maximum Gasteiger partial charge on any atom is 0.486 e. The molecule has 1 N–H and O–H groups in total. The maximum absolute atomic E-state index is 10.6. The Morgan fingerprint density at radius 3 is 2.18 bits per heavy atom. The molecular weight excluding hydrogens is 221 g/mol. The predicted octanol–water partition coefficient (Wildman–Crippen LogP) is 1.78. The summed E-state index contributed by atoms with van der Waals surface area (Å²) in [6.45, 7) is 8.22. The Hall–Kier alpha value is -1.01. The fraction of sp³-hybridized carbons (Fsp3) is 0.727. The average molecular weight is 241 g/mol. The van der Waals surface area contributed by atoms with Crippen molar-refractivity contribution in [1.82, 2.24) is 4.90 Å². The van der Waals surface area contributed by atoms with E-state index in [1.807, 2.05) is 27.7 Å². The van der Waals surface area contributed by atoms with Gasteiger partial charge >= 0.3 is 13.2 Å². The second-order valence-electron chi connectivity index (χ2n) is 5.22. The number of likely N-dealkylation sites (N-methyl/N-ethyl adjacent to an activating group) is 1. The zero-order chi connectivity index (χ0) is 13.3. The standard InChI is InChI=1S/C11H20BNO4/c1-10(2)11(3,4)17-12(16-10)7-6-8-13(5)9(14)15/h6-7H,8H2,1-5H3,(H,14,15)/b7-6+. The number of rotatable bonds is 3. The van der Waals surface area contributed by atoms with Crippen molar-refractivity contribution in [3.05, 3.63) is 12.1 Å². The van der Waals surface area contributed by atoms with Crippen LogP contribution < -0.4 is 0 Å². The molecule has 1 saturated heterocycles. The Bertz CT molecular complexity index is 311. The monoisotopic (exact) mass is 241 g/mol. The molecule has 1 aliphatic heterocycles. The highest BCUT2D eigenvalue weighted by Crippen LogP contribution is 2.36. The fourth-order valence-electron chi connectivity index (χ4n) is 1.38. The van der Waals surface area contributed by atoms with Gasteiger partial charge in [0.2, 0.25) is 0 Å². The normalized spacial score (nSPS) is 22.1. The van der Waals surface area contributed by atoms with Crippen molar-refractivity contribution < 1.29 is 19.2 Å². The zero-order valence-corrected chi connectivity index (χ0v) is 11.1. The van der Waals surface area contributed by atoms with Crippen LogP contribution in [0.1, 0.15) is 27.7 Å². The summed E-state index contributed by atoms with van der Waals surface area (Å²) in [5.41, 5.74) is -0.721. The molecule has 0 radical (unpaired) electrons. The molecule has 0 atom stereocenters. The molecule has 1 rings (SSSR count). The van der Waals surface area contributed by atoms with E-state index in [9.17, 15) is 4.79 Å². The first-order chi connectivity index (χ1) is 7.66. The van der Waals surface area contributed by atoms with E-state index in [4.69, 9.17) is 14.4 Å². The summed E-state index contributed by atoms with van der Waals surface area (Å²) in [5.74, 6) is 1.75. The summed E-state index contributed by atoms with van der Waals surface area (Å²) in [6.07, 6.45) is 0.777. The Balaban J connectivity index is 2.51. The van der Waals surface area contributed by atoms with Crippen molar-refractivity contribution in [3.8, 4) is 0 Å². The lowest BCUT2D eigenvalue weighted by Crippen LogP contribution is -2.41. The summed E-state index contributed by atoms with van der Waals surface area (Å²) in [5, 5.41) is 8.67. The molecule has 0 aromatic carbocycles. The first-order valence-electron chi connectivity index (χ1n) is 5.62. The second-order valence-corrected chi connectivity index (χ2v) is 5.22. The van der Waals surface area contributed by atoms with Crippen LogP contribution in [0.3, 0.4) is 0 Å². The third kappa shape index (κ3) is 3.23. The fourth-order valence-corrected chi connectivity index (χ4v) is 1.38. The number of nitrogens with zero attached hydrogens (tertiary/aromatic N) is 1. The quantitative estimate of drug-likeness (QED) is 0.765. The van der Waals surface area contributed by atoms with Crippen molar-refractivity contribution in [1.29, 1.82) is 0 Å². The highest BCUT2D eigenvalue weighted by atomic mass is 16.7. The highest BCUT2D eigenvalue weighted by molar-refractivity contribution is 6.51. The number of hydrogen-bond acceptors (Lipinski definition) is 3. The van der Waals surface area contributed by atoms with Gasteiger partial charge < -0.3 is 19.3 Å². The van der Waals surface area contributed by atoms with Crippen molar-refractivity contribution in [2.75, 3.05) is 13.6 Å². The topological polar surface area (TPSA) is 59.0 Å². The first kappa shape index (κ1) is 14.1. The highest BCUT2D eigenvalue weighted by Gasteiger charge is 2.49. The van der Waals surface area contributed by atoms with Gasteiger partial charge in [0.1, 0.15) is 0 Å². The van der Waals surface area contributed by atoms with Crippen molar-refractivity contribution in [2.45, 2.75) is 38.9 Å². The molecule has 0 unspecified atom stereocenters. The Kier molecular flexibility index (Phi) is 3.89. The molecule has 96 valence electrons. The molecule has 1 heterocycles. The van der Waals surface area contributed by atoms with E-state index in [0.29, 0.717) is 6.54 Å². The SMILES string of the molecule is CN(C/C=C/B1OC(C)(C)C(C)(C)O1)C(=O)O. The summed E-state index contributed by atoms with van der Waals surface area (Å²) in [4.78, 5) is 11.7. The molecule has 0 spiro atoms. The number of carboxylic acid groups (broad SMARTS) is 1. The van der Waals surface area contributed by atoms with Crippen LogP contribution in [0.5, 0.6) is 0 Å². The largest absolute Gasteiger partial charge is 0.486 e. The van der Waals surface area contributed by atoms with E-state index in [1.165, 1.54) is 11.9 Å². The third-order valence-electron chi connectivity index (χ3n) is 3.27. The zero-order valence-electron chi connectivity index (χ0n) is 11.1. The molecule has 5 nitrogen and oxygen atoms in total. The van der Waals surface area contributed by atoms with Crippen LogP contribution in [-0.4, -0.2) is 48.0 Å². The molecule has 6 heteroatoms. The van der Waals surface area contributed by atoms with Gasteiger partial charge in [-0.15, -0.1) is 0 Å². The number of carbonyl (C=O) groups is 1. The molecule has 1 aliphatic rings. The molecule has 0 aromatic heterocycles. The van der Waals surface area contributed by atoms with Crippen LogP contribution in [0, 0.1) is 0 Å². The summed E-state index contributed by atoms with van der Waals surface area (Å²) in [6, 6.07) is 0. The predicted molar refractivity (Wildman–Crippen MR) is 65.9 cm³/mol. The molecule has 17 heavy (non-hydrogen) atoms. The lowest BCUT2D eigenvalue weighted by Gasteiger charge is -2.32. The Morgan fingerprint density at radius 2 is 1.76 bits per heavy atom. The molecule has 0 saturated carbocycles. The van der Waals surface area contributed by atoms with E-state index in [1.54, 1.807) is 12.1 Å². The van der Waals surface area contributed by atoms with Gasteiger partial charge in [-0.25, -0.2) is 4.79 Å². The van der Waals surface area contributed by atoms with Gasteiger partial charge in [0.25, 0.3) is 0 Å². The Labute approximate surface area is 103 Å². The lowest BCUT2D eigenvalue weighted by atomic mass is 9.90. The molecule has 0 aliphatic carbocycles. The Morgan fingerprint density at radius 1 is 1.29 bits per heavy atom. The van der Waals surface area contributed by atoms with E-state index < -0.39 is 13.2 Å². The minimum atomic E-state index is -0.955. The van der Waals surface area contributed by atoms with E-state index in [0.717, 1.165) is 0 Å². The van der Waals surface area contributed by atoms with Gasteiger partial charge in [-0.1, -0.05) is 12.1 Å². The van der Waals surface area contributed by atoms with Gasteiger partial charge in [-0.3, -0.25) is 0 Å². The molecule has 0 aromatic rings. The lowest BCUT2D eigenvalue weighted by molar-refractivity contribution is 0.00578. The second kappa shape index (κ2) is 4.70. The van der Waals surface area contributed by atoms with Crippen molar-refractivity contribution >= 4 is 13.2 Å². The van der Waals surface area contributed by atoms with Gasteiger partial charge in [0, 0.05) is 13.6 Å².